The van der Waals surface area contributed by atoms with Crippen LogP contribution in [0.15, 0.2) is 24.3 Å². The molecule has 3 nitrogen and oxygen atoms in total. The third-order valence-electron chi connectivity index (χ3n) is 1.81. The van der Waals surface area contributed by atoms with Crippen molar-refractivity contribution in [2.45, 2.75) is 19.9 Å². The molecule has 1 aromatic rings. The molecule has 1 fully saturated rings. The third-order valence-corrected chi connectivity index (χ3v) is 1.81. The molecule has 1 saturated heterocycles. The SMILES string of the molecule is C[C@H]1COC(=O)N1.Cc1cccc(F)c1. The first-order valence-corrected chi connectivity index (χ1v) is 4.73. The molecule has 0 radical (unpaired) electrons. The van der Waals surface area contributed by atoms with Crippen LogP contribution < -0.4 is 5.32 Å². The predicted molar refractivity (Wildman–Crippen MR) is 55.1 cm³/mol. The number of aryl methyl sites for hydroxylation is 1. The summed E-state index contributed by atoms with van der Waals surface area (Å²) in [5.41, 5.74) is 0.963. The van der Waals surface area contributed by atoms with Gasteiger partial charge in [0.15, 0.2) is 0 Å². The average Bonchev–Trinajstić information content (AvgIpc) is 2.50. The summed E-state index contributed by atoms with van der Waals surface area (Å²) in [4.78, 5) is 10.1. The van der Waals surface area contributed by atoms with Gasteiger partial charge in [0.25, 0.3) is 0 Å². The monoisotopic (exact) mass is 211 g/mol. The zero-order valence-corrected chi connectivity index (χ0v) is 8.79. The van der Waals surface area contributed by atoms with E-state index in [1.807, 2.05) is 19.9 Å². The Morgan fingerprint density at radius 3 is 2.53 bits per heavy atom. The van der Waals surface area contributed by atoms with Gasteiger partial charge in [0.1, 0.15) is 12.4 Å². The fourth-order valence-electron chi connectivity index (χ4n) is 1.09. The quantitative estimate of drug-likeness (QED) is 0.714. The molecule has 1 N–H and O–H groups in total. The highest BCUT2D eigenvalue weighted by Crippen LogP contribution is 1.99. The molecule has 0 spiro atoms. The van der Waals surface area contributed by atoms with Gasteiger partial charge in [-0.15, -0.1) is 0 Å². The molecule has 0 saturated carbocycles. The van der Waals surface area contributed by atoms with Crippen LogP contribution in [0.5, 0.6) is 0 Å². The maximum atomic E-state index is 12.2. The van der Waals surface area contributed by atoms with E-state index in [0.717, 1.165) is 5.56 Å². The third kappa shape index (κ3) is 4.44. The van der Waals surface area contributed by atoms with Crippen molar-refractivity contribution in [3.63, 3.8) is 0 Å². The van der Waals surface area contributed by atoms with Gasteiger partial charge in [0.05, 0.1) is 6.04 Å². The largest absolute Gasteiger partial charge is 0.447 e. The standard InChI is InChI=1S/C7H7F.C4H7NO2/c1-6-3-2-4-7(8)5-6;1-3-2-7-4(6)5-3/h2-5H,1H3;3H,2H2,1H3,(H,5,6)/t;3-/m.0/s1. The summed E-state index contributed by atoms with van der Waals surface area (Å²) < 4.78 is 16.7. The first-order valence-electron chi connectivity index (χ1n) is 4.73. The van der Waals surface area contributed by atoms with E-state index in [1.54, 1.807) is 6.07 Å². The Morgan fingerprint density at radius 1 is 1.53 bits per heavy atom. The fraction of sp³-hybridized carbons (Fsp3) is 0.364. The van der Waals surface area contributed by atoms with Crippen molar-refractivity contribution >= 4 is 6.09 Å². The smallest absolute Gasteiger partial charge is 0.407 e. The van der Waals surface area contributed by atoms with Crippen LogP contribution in [0.1, 0.15) is 12.5 Å². The summed E-state index contributed by atoms with van der Waals surface area (Å²) >= 11 is 0. The molecule has 1 heterocycles. The molecule has 1 amide bonds. The maximum Gasteiger partial charge on any atom is 0.407 e. The van der Waals surface area contributed by atoms with Gasteiger partial charge in [-0.3, -0.25) is 0 Å². The molecule has 0 bridgehead atoms. The van der Waals surface area contributed by atoms with E-state index in [1.165, 1.54) is 12.1 Å². The van der Waals surface area contributed by atoms with Crippen LogP contribution in [0, 0.1) is 12.7 Å². The number of hydrogen-bond donors (Lipinski definition) is 1. The lowest BCUT2D eigenvalue weighted by Crippen LogP contribution is -2.21. The molecule has 82 valence electrons. The highest BCUT2D eigenvalue weighted by Gasteiger charge is 2.15. The topological polar surface area (TPSA) is 38.3 Å². The van der Waals surface area contributed by atoms with Gasteiger partial charge in [0.2, 0.25) is 0 Å². The summed E-state index contributed by atoms with van der Waals surface area (Å²) in [6.07, 6.45) is -0.299. The number of halogens is 1. The molecule has 15 heavy (non-hydrogen) atoms. The van der Waals surface area contributed by atoms with Crippen LogP contribution in [0.3, 0.4) is 0 Å². The molecule has 1 atom stereocenters. The number of carbonyl (C=O) groups excluding carboxylic acids is 1. The summed E-state index contributed by atoms with van der Waals surface area (Å²) in [7, 11) is 0. The Hall–Kier alpha value is -1.58. The normalized spacial score (nSPS) is 18.6. The van der Waals surface area contributed by atoms with Crippen LogP contribution in [0.4, 0.5) is 9.18 Å². The number of alkyl carbamates (subject to hydrolysis) is 1. The number of rotatable bonds is 0. The van der Waals surface area contributed by atoms with E-state index in [-0.39, 0.29) is 18.0 Å². The second kappa shape index (κ2) is 5.34. The van der Waals surface area contributed by atoms with E-state index in [0.29, 0.717) is 6.61 Å². The van der Waals surface area contributed by atoms with E-state index in [2.05, 4.69) is 10.1 Å². The highest BCUT2D eigenvalue weighted by molar-refractivity contribution is 5.69. The maximum absolute atomic E-state index is 12.2. The van der Waals surface area contributed by atoms with Gasteiger partial charge in [0, 0.05) is 0 Å². The number of benzene rings is 1. The van der Waals surface area contributed by atoms with Crippen LogP contribution in [-0.4, -0.2) is 18.7 Å². The van der Waals surface area contributed by atoms with Crippen LogP contribution >= 0.6 is 0 Å². The Bertz CT molecular complexity index is 324. The van der Waals surface area contributed by atoms with Gasteiger partial charge in [-0.1, -0.05) is 12.1 Å². The number of carbonyl (C=O) groups is 1. The summed E-state index contributed by atoms with van der Waals surface area (Å²) in [5.74, 6) is -0.162. The van der Waals surface area contributed by atoms with E-state index >= 15 is 0 Å². The fourth-order valence-corrected chi connectivity index (χ4v) is 1.09. The van der Waals surface area contributed by atoms with Crippen molar-refractivity contribution in [3.05, 3.63) is 35.6 Å². The van der Waals surface area contributed by atoms with Gasteiger partial charge >= 0.3 is 6.09 Å². The highest BCUT2D eigenvalue weighted by atomic mass is 19.1. The zero-order chi connectivity index (χ0) is 11.3. The molecule has 1 aliphatic rings. The summed E-state index contributed by atoms with van der Waals surface area (Å²) in [5, 5.41) is 2.56. The Kier molecular flexibility index (Phi) is 4.09. The Labute approximate surface area is 88.2 Å². The van der Waals surface area contributed by atoms with E-state index in [9.17, 15) is 9.18 Å². The average molecular weight is 211 g/mol. The first-order chi connectivity index (χ1) is 7.08. The van der Waals surface area contributed by atoms with Gasteiger partial charge in [-0.2, -0.15) is 0 Å². The lowest BCUT2D eigenvalue weighted by molar-refractivity contribution is 0.177. The molecular weight excluding hydrogens is 197 g/mol. The number of ether oxygens (including phenoxy) is 1. The molecule has 4 heteroatoms. The number of hydrogen-bond acceptors (Lipinski definition) is 2. The lowest BCUT2D eigenvalue weighted by Gasteiger charge is -1.90. The lowest BCUT2D eigenvalue weighted by atomic mass is 10.2. The van der Waals surface area contributed by atoms with Crippen molar-refractivity contribution in [1.29, 1.82) is 0 Å². The minimum atomic E-state index is -0.299. The molecular formula is C11H14FNO2. The molecule has 0 aromatic heterocycles. The minimum absolute atomic E-state index is 0.162. The molecule has 1 aliphatic heterocycles. The van der Waals surface area contributed by atoms with Crippen molar-refractivity contribution in [3.8, 4) is 0 Å². The second-order valence-corrected chi connectivity index (χ2v) is 3.44. The first kappa shape index (κ1) is 11.5. The van der Waals surface area contributed by atoms with Gasteiger partial charge in [-0.05, 0) is 31.5 Å². The van der Waals surface area contributed by atoms with E-state index < -0.39 is 0 Å². The van der Waals surface area contributed by atoms with Crippen LogP contribution in [0.25, 0.3) is 0 Å². The van der Waals surface area contributed by atoms with Crippen molar-refractivity contribution in [2.24, 2.45) is 0 Å². The predicted octanol–water partition coefficient (Wildman–Crippen LogP) is 2.25. The van der Waals surface area contributed by atoms with Crippen LogP contribution in [0.2, 0.25) is 0 Å². The molecule has 0 unspecified atom stereocenters. The number of cyclic esters (lactones) is 1. The Balaban J connectivity index is 0.000000151. The summed E-state index contributed by atoms with van der Waals surface area (Å²) in [6.45, 7) is 4.27. The minimum Gasteiger partial charge on any atom is -0.447 e. The van der Waals surface area contributed by atoms with E-state index in [4.69, 9.17) is 0 Å². The molecule has 0 aliphatic carbocycles. The van der Waals surface area contributed by atoms with Crippen molar-refractivity contribution in [2.75, 3.05) is 6.61 Å². The number of nitrogens with one attached hydrogen (secondary N) is 1. The van der Waals surface area contributed by atoms with Gasteiger partial charge < -0.3 is 10.1 Å². The zero-order valence-electron chi connectivity index (χ0n) is 8.79. The van der Waals surface area contributed by atoms with Crippen LogP contribution in [-0.2, 0) is 4.74 Å². The molecule has 2 rings (SSSR count). The number of amides is 1. The molecule has 1 aromatic carbocycles. The van der Waals surface area contributed by atoms with Crippen molar-refractivity contribution in [1.82, 2.24) is 5.32 Å². The van der Waals surface area contributed by atoms with Crippen molar-refractivity contribution < 1.29 is 13.9 Å². The Morgan fingerprint density at radius 2 is 2.27 bits per heavy atom. The summed E-state index contributed by atoms with van der Waals surface area (Å²) in [6, 6.07) is 6.70. The van der Waals surface area contributed by atoms with Gasteiger partial charge in [-0.25, -0.2) is 9.18 Å². The second-order valence-electron chi connectivity index (χ2n) is 3.44.